The maximum absolute atomic E-state index is 12.5. The van der Waals surface area contributed by atoms with Gasteiger partial charge in [0.2, 0.25) is 0 Å². The first kappa shape index (κ1) is 23.4. The van der Waals surface area contributed by atoms with E-state index in [9.17, 15) is 28.1 Å². The SMILES string of the molecule is Cc1ccc(NS(=O)(=O)c2ccc(C(=O)OCC(=O)Nc3ccccc3[N+](=O)[O-])cc2)cc1. The summed E-state index contributed by atoms with van der Waals surface area (Å²) >= 11 is 0. The molecule has 0 aliphatic carbocycles. The van der Waals surface area contributed by atoms with Gasteiger partial charge >= 0.3 is 5.97 Å². The largest absolute Gasteiger partial charge is 0.452 e. The highest BCUT2D eigenvalue weighted by Gasteiger charge is 2.18. The van der Waals surface area contributed by atoms with Gasteiger partial charge in [-0.2, -0.15) is 0 Å². The van der Waals surface area contributed by atoms with E-state index in [0.717, 1.165) is 5.56 Å². The third kappa shape index (κ3) is 6.14. The lowest BCUT2D eigenvalue weighted by molar-refractivity contribution is -0.383. The minimum atomic E-state index is -3.86. The molecule has 3 aromatic carbocycles. The highest BCUT2D eigenvalue weighted by atomic mass is 32.2. The molecule has 2 N–H and O–H groups in total. The van der Waals surface area contributed by atoms with Crippen molar-refractivity contribution in [1.29, 1.82) is 0 Å². The Kier molecular flexibility index (Phi) is 7.04. The van der Waals surface area contributed by atoms with Crippen LogP contribution in [0.2, 0.25) is 0 Å². The molecule has 3 aromatic rings. The van der Waals surface area contributed by atoms with Crippen molar-refractivity contribution in [3.05, 3.63) is 94.0 Å². The second-order valence-electron chi connectivity index (χ2n) is 6.89. The van der Waals surface area contributed by atoms with Crippen LogP contribution in [0.1, 0.15) is 15.9 Å². The van der Waals surface area contributed by atoms with Crippen LogP contribution in [0.3, 0.4) is 0 Å². The Morgan fingerprint density at radius 2 is 1.61 bits per heavy atom. The predicted molar refractivity (Wildman–Crippen MR) is 120 cm³/mol. The highest BCUT2D eigenvalue weighted by molar-refractivity contribution is 7.92. The molecule has 10 nitrogen and oxygen atoms in total. The summed E-state index contributed by atoms with van der Waals surface area (Å²) in [6.45, 7) is 1.20. The number of aryl methyl sites for hydroxylation is 1. The molecular weight excluding hydrogens is 450 g/mol. The molecule has 1 amide bonds. The second-order valence-corrected chi connectivity index (χ2v) is 8.58. The van der Waals surface area contributed by atoms with Crippen LogP contribution in [-0.4, -0.2) is 31.8 Å². The molecule has 0 fully saturated rings. The zero-order valence-electron chi connectivity index (χ0n) is 17.3. The van der Waals surface area contributed by atoms with Gasteiger partial charge in [0.1, 0.15) is 5.69 Å². The number of ether oxygens (including phenoxy) is 1. The number of rotatable bonds is 8. The molecule has 0 aromatic heterocycles. The van der Waals surface area contributed by atoms with Crippen molar-refractivity contribution in [2.45, 2.75) is 11.8 Å². The van der Waals surface area contributed by atoms with Gasteiger partial charge in [0.05, 0.1) is 15.4 Å². The molecule has 0 unspecified atom stereocenters. The van der Waals surface area contributed by atoms with E-state index in [0.29, 0.717) is 5.69 Å². The first-order chi connectivity index (χ1) is 15.7. The van der Waals surface area contributed by atoms with Crippen LogP contribution in [0.5, 0.6) is 0 Å². The minimum Gasteiger partial charge on any atom is -0.452 e. The van der Waals surface area contributed by atoms with Crippen molar-refractivity contribution in [3.8, 4) is 0 Å². The van der Waals surface area contributed by atoms with Crippen molar-refractivity contribution in [3.63, 3.8) is 0 Å². The lowest BCUT2D eigenvalue weighted by Gasteiger charge is -2.09. The smallest absolute Gasteiger partial charge is 0.338 e. The van der Waals surface area contributed by atoms with Gasteiger partial charge in [-0.1, -0.05) is 29.8 Å². The Labute approximate surface area is 189 Å². The number of nitrogens with one attached hydrogen (secondary N) is 2. The summed E-state index contributed by atoms with van der Waals surface area (Å²) in [6, 6.07) is 17.3. The average molecular weight is 469 g/mol. The van der Waals surface area contributed by atoms with Crippen LogP contribution in [-0.2, 0) is 19.6 Å². The van der Waals surface area contributed by atoms with Gasteiger partial charge in [0.15, 0.2) is 6.61 Å². The van der Waals surface area contributed by atoms with Crippen LogP contribution in [0.15, 0.2) is 77.7 Å². The Balaban J connectivity index is 1.59. The molecular formula is C22H19N3O7S. The molecule has 0 aliphatic rings. The van der Waals surface area contributed by atoms with Crippen molar-refractivity contribution >= 4 is 39.0 Å². The summed E-state index contributed by atoms with van der Waals surface area (Å²) in [5.41, 5.74) is 1.08. The third-order valence-electron chi connectivity index (χ3n) is 4.41. The zero-order valence-corrected chi connectivity index (χ0v) is 18.2. The molecule has 0 bridgehead atoms. The quantitative estimate of drug-likeness (QED) is 0.292. The van der Waals surface area contributed by atoms with Gasteiger partial charge in [-0.3, -0.25) is 19.6 Å². The molecule has 0 saturated heterocycles. The van der Waals surface area contributed by atoms with Gasteiger partial charge in [-0.25, -0.2) is 13.2 Å². The van der Waals surface area contributed by atoms with Crippen molar-refractivity contribution in [1.82, 2.24) is 0 Å². The topological polar surface area (TPSA) is 145 Å². The summed E-state index contributed by atoms with van der Waals surface area (Å²) < 4.78 is 32.4. The normalized spacial score (nSPS) is 10.8. The van der Waals surface area contributed by atoms with Crippen LogP contribution in [0.4, 0.5) is 17.1 Å². The fourth-order valence-electron chi connectivity index (χ4n) is 2.75. The van der Waals surface area contributed by atoms with Crippen LogP contribution in [0, 0.1) is 17.0 Å². The summed E-state index contributed by atoms with van der Waals surface area (Å²) in [6.07, 6.45) is 0. The number of esters is 1. The highest BCUT2D eigenvalue weighted by Crippen LogP contribution is 2.23. The Morgan fingerprint density at radius 1 is 0.970 bits per heavy atom. The molecule has 0 heterocycles. The number of sulfonamides is 1. The van der Waals surface area contributed by atoms with E-state index in [1.54, 1.807) is 24.3 Å². The predicted octanol–water partition coefficient (Wildman–Crippen LogP) is 3.50. The molecule has 0 saturated carbocycles. The van der Waals surface area contributed by atoms with Crippen molar-refractivity contribution in [2.75, 3.05) is 16.6 Å². The zero-order chi connectivity index (χ0) is 24.0. The van der Waals surface area contributed by atoms with Gasteiger partial charge < -0.3 is 10.1 Å². The number of benzene rings is 3. The van der Waals surface area contributed by atoms with E-state index < -0.39 is 33.4 Å². The lowest BCUT2D eigenvalue weighted by atomic mass is 10.2. The number of carbonyl (C=O) groups is 2. The monoisotopic (exact) mass is 469 g/mol. The number of nitrogens with zero attached hydrogens (tertiary/aromatic N) is 1. The van der Waals surface area contributed by atoms with E-state index >= 15 is 0 Å². The maximum atomic E-state index is 12.5. The Morgan fingerprint density at radius 3 is 2.24 bits per heavy atom. The minimum absolute atomic E-state index is 0.0285. The summed E-state index contributed by atoms with van der Waals surface area (Å²) in [5.74, 6) is -1.62. The van der Waals surface area contributed by atoms with Crippen LogP contribution < -0.4 is 10.0 Å². The van der Waals surface area contributed by atoms with Gasteiger partial charge in [0.25, 0.3) is 21.6 Å². The number of nitro benzene ring substituents is 1. The molecule has 11 heteroatoms. The summed E-state index contributed by atoms with van der Waals surface area (Å²) in [5, 5.41) is 13.3. The van der Waals surface area contributed by atoms with Gasteiger partial charge in [-0.15, -0.1) is 0 Å². The maximum Gasteiger partial charge on any atom is 0.338 e. The number of nitro groups is 1. The summed E-state index contributed by atoms with van der Waals surface area (Å²) in [7, 11) is -3.86. The fraction of sp³-hybridized carbons (Fsp3) is 0.0909. The van der Waals surface area contributed by atoms with Crippen molar-refractivity contribution < 1.29 is 27.7 Å². The molecule has 33 heavy (non-hydrogen) atoms. The number of anilines is 2. The standard InChI is InChI=1S/C22H19N3O7S/c1-15-6-10-17(11-7-15)24-33(30,31)18-12-8-16(9-13-18)22(27)32-14-21(26)23-19-4-2-3-5-20(19)25(28)29/h2-13,24H,14H2,1H3,(H,23,26). The fourth-order valence-corrected chi connectivity index (χ4v) is 3.80. The number of hydrogen-bond acceptors (Lipinski definition) is 7. The van der Waals surface area contributed by atoms with Crippen LogP contribution >= 0.6 is 0 Å². The van der Waals surface area contributed by atoms with E-state index in [1.807, 2.05) is 6.92 Å². The van der Waals surface area contributed by atoms with Crippen LogP contribution in [0.25, 0.3) is 0 Å². The van der Waals surface area contributed by atoms with E-state index in [2.05, 4.69) is 10.0 Å². The van der Waals surface area contributed by atoms with E-state index in [4.69, 9.17) is 4.74 Å². The number of amides is 1. The van der Waals surface area contributed by atoms with Gasteiger partial charge in [0, 0.05) is 11.8 Å². The van der Waals surface area contributed by atoms with Gasteiger partial charge in [-0.05, 0) is 49.4 Å². The number of carbonyl (C=O) groups excluding carboxylic acids is 2. The molecule has 0 atom stereocenters. The molecule has 0 spiro atoms. The first-order valence-corrected chi connectivity index (χ1v) is 11.0. The summed E-state index contributed by atoms with van der Waals surface area (Å²) in [4.78, 5) is 34.5. The number of hydrogen-bond donors (Lipinski definition) is 2. The molecule has 3 rings (SSSR count). The van der Waals surface area contributed by atoms with E-state index in [-0.39, 0.29) is 21.8 Å². The second kappa shape index (κ2) is 9.92. The van der Waals surface area contributed by atoms with Crippen molar-refractivity contribution in [2.24, 2.45) is 0 Å². The molecule has 170 valence electrons. The molecule has 0 radical (unpaired) electrons. The lowest BCUT2D eigenvalue weighted by Crippen LogP contribution is -2.21. The molecule has 0 aliphatic heterocycles. The first-order valence-electron chi connectivity index (χ1n) is 9.56. The number of para-hydroxylation sites is 2. The Bertz CT molecular complexity index is 1290. The third-order valence-corrected chi connectivity index (χ3v) is 5.81. The van der Waals surface area contributed by atoms with E-state index in [1.165, 1.54) is 48.5 Å². The Hall–Kier alpha value is -4.25. The average Bonchev–Trinajstić information content (AvgIpc) is 2.79.